The quantitative estimate of drug-likeness (QED) is 0.573. The van der Waals surface area contributed by atoms with E-state index in [1.165, 1.54) is 6.07 Å². The minimum atomic E-state index is -0.391. The van der Waals surface area contributed by atoms with E-state index in [4.69, 9.17) is 21.1 Å². The maximum absolute atomic E-state index is 11.0. The molecule has 2 aromatic rings. The van der Waals surface area contributed by atoms with Gasteiger partial charge in [-0.2, -0.15) is 0 Å². The molecule has 1 aliphatic heterocycles. The molecule has 132 valence electrons. The lowest BCUT2D eigenvalue weighted by atomic mass is 10.1. The zero-order chi connectivity index (χ0) is 17.8. The number of hydrogen-bond donors (Lipinski definition) is 0. The number of nitro benzene ring substituents is 1. The van der Waals surface area contributed by atoms with Gasteiger partial charge in [0.2, 0.25) is 0 Å². The van der Waals surface area contributed by atoms with Crippen LogP contribution in [0.4, 0.5) is 11.4 Å². The number of anilines is 1. The van der Waals surface area contributed by atoms with Crippen molar-refractivity contribution in [3.8, 4) is 5.75 Å². The highest BCUT2D eigenvalue weighted by atomic mass is 35.5. The van der Waals surface area contributed by atoms with Gasteiger partial charge in [-0.05, 0) is 24.3 Å². The van der Waals surface area contributed by atoms with Gasteiger partial charge >= 0.3 is 0 Å². The fourth-order valence-corrected chi connectivity index (χ4v) is 3.22. The lowest BCUT2D eigenvalue weighted by molar-refractivity contribution is -0.384. The molecule has 0 spiro atoms. The summed E-state index contributed by atoms with van der Waals surface area (Å²) >= 11 is 5.99. The van der Waals surface area contributed by atoms with Gasteiger partial charge in [-0.15, -0.1) is 0 Å². The Kier molecular flexibility index (Phi) is 5.40. The average Bonchev–Trinajstić information content (AvgIpc) is 3.03. The van der Waals surface area contributed by atoms with Crippen LogP contribution >= 0.6 is 11.6 Å². The Hall–Kier alpha value is -2.31. The standard InChI is InChI=1S/C18H19ClN2O4/c1-24-12-13-9-15(21(22)23)5-6-18(13)20-8-7-17(11-20)25-16-4-2-3-14(19)10-16/h2-6,9-10,17H,7-8,11-12H2,1H3. The summed E-state index contributed by atoms with van der Waals surface area (Å²) in [6.45, 7) is 1.86. The van der Waals surface area contributed by atoms with Gasteiger partial charge in [0.1, 0.15) is 11.9 Å². The highest BCUT2D eigenvalue weighted by Crippen LogP contribution is 2.30. The fourth-order valence-electron chi connectivity index (χ4n) is 3.04. The normalized spacial score (nSPS) is 16.9. The van der Waals surface area contributed by atoms with Gasteiger partial charge in [-0.25, -0.2) is 0 Å². The minimum Gasteiger partial charge on any atom is -0.488 e. The van der Waals surface area contributed by atoms with E-state index in [9.17, 15) is 10.1 Å². The van der Waals surface area contributed by atoms with E-state index in [0.717, 1.165) is 30.0 Å². The van der Waals surface area contributed by atoms with Crippen molar-refractivity contribution in [3.05, 3.63) is 63.2 Å². The maximum Gasteiger partial charge on any atom is 0.269 e. The predicted octanol–water partition coefficient (Wildman–Crippen LogP) is 4.05. The van der Waals surface area contributed by atoms with Gasteiger partial charge in [-0.1, -0.05) is 17.7 Å². The van der Waals surface area contributed by atoms with Crippen molar-refractivity contribution in [3.63, 3.8) is 0 Å². The van der Waals surface area contributed by atoms with Crippen molar-refractivity contribution in [1.29, 1.82) is 0 Å². The van der Waals surface area contributed by atoms with Crippen molar-refractivity contribution < 1.29 is 14.4 Å². The second kappa shape index (κ2) is 7.72. The van der Waals surface area contributed by atoms with E-state index in [-0.39, 0.29) is 11.8 Å². The second-order valence-corrected chi connectivity index (χ2v) is 6.37. The van der Waals surface area contributed by atoms with Crippen LogP contribution in [0.3, 0.4) is 0 Å². The summed E-state index contributed by atoms with van der Waals surface area (Å²) in [5, 5.41) is 11.6. The molecule has 0 bridgehead atoms. The first-order valence-corrected chi connectivity index (χ1v) is 8.38. The highest BCUT2D eigenvalue weighted by molar-refractivity contribution is 6.30. The zero-order valence-electron chi connectivity index (χ0n) is 13.9. The Morgan fingerprint density at radius 2 is 2.16 bits per heavy atom. The van der Waals surface area contributed by atoms with Gasteiger partial charge < -0.3 is 14.4 Å². The van der Waals surface area contributed by atoms with Gasteiger partial charge in [0.15, 0.2) is 0 Å². The second-order valence-electron chi connectivity index (χ2n) is 5.94. The third kappa shape index (κ3) is 4.21. The summed E-state index contributed by atoms with van der Waals surface area (Å²) in [6.07, 6.45) is 0.916. The number of ether oxygens (including phenoxy) is 2. The molecule has 0 aliphatic carbocycles. The molecular weight excluding hydrogens is 344 g/mol. The van der Waals surface area contributed by atoms with Crippen LogP contribution in [0.5, 0.6) is 5.75 Å². The van der Waals surface area contributed by atoms with Crippen molar-refractivity contribution in [1.82, 2.24) is 0 Å². The van der Waals surface area contributed by atoms with E-state index >= 15 is 0 Å². The van der Waals surface area contributed by atoms with E-state index in [1.807, 2.05) is 18.2 Å². The Morgan fingerprint density at radius 1 is 1.32 bits per heavy atom. The van der Waals surface area contributed by atoms with Crippen LogP contribution in [-0.4, -0.2) is 31.2 Å². The highest BCUT2D eigenvalue weighted by Gasteiger charge is 2.26. The molecule has 2 aromatic carbocycles. The topological polar surface area (TPSA) is 64.8 Å². The Morgan fingerprint density at radius 3 is 2.88 bits per heavy atom. The van der Waals surface area contributed by atoms with Crippen molar-refractivity contribution >= 4 is 23.0 Å². The Balaban J connectivity index is 1.73. The molecule has 0 N–H and O–H groups in total. The van der Waals surface area contributed by atoms with Crippen LogP contribution in [0.2, 0.25) is 5.02 Å². The van der Waals surface area contributed by atoms with Crippen LogP contribution in [0.25, 0.3) is 0 Å². The van der Waals surface area contributed by atoms with Crippen molar-refractivity contribution in [2.75, 3.05) is 25.1 Å². The molecule has 1 unspecified atom stereocenters. The Bertz CT molecular complexity index is 768. The van der Waals surface area contributed by atoms with Crippen LogP contribution in [0, 0.1) is 10.1 Å². The smallest absolute Gasteiger partial charge is 0.269 e. The summed E-state index contributed by atoms with van der Waals surface area (Å²) in [4.78, 5) is 12.8. The fraction of sp³-hybridized carbons (Fsp3) is 0.333. The van der Waals surface area contributed by atoms with Crippen molar-refractivity contribution in [2.45, 2.75) is 19.1 Å². The monoisotopic (exact) mass is 362 g/mol. The first kappa shape index (κ1) is 17.5. The first-order valence-electron chi connectivity index (χ1n) is 8.00. The molecule has 7 heteroatoms. The summed E-state index contributed by atoms with van der Waals surface area (Å²) in [7, 11) is 1.58. The number of methoxy groups -OCH3 is 1. The van der Waals surface area contributed by atoms with E-state index in [0.29, 0.717) is 18.2 Å². The number of benzene rings is 2. The predicted molar refractivity (Wildman–Crippen MR) is 96.5 cm³/mol. The zero-order valence-corrected chi connectivity index (χ0v) is 14.6. The maximum atomic E-state index is 11.0. The number of rotatable bonds is 6. The molecule has 1 aliphatic rings. The SMILES string of the molecule is COCc1cc([N+](=O)[O-])ccc1N1CCC(Oc2cccc(Cl)c2)C1. The molecule has 1 atom stereocenters. The molecule has 6 nitrogen and oxygen atoms in total. The number of nitro groups is 1. The summed E-state index contributed by atoms with van der Waals surface area (Å²) in [5.74, 6) is 0.750. The molecule has 25 heavy (non-hydrogen) atoms. The minimum absolute atomic E-state index is 0.0454. The van der Waals surface area contributed by atoms with E-state index in [2.05, 4.69) is 4.90 Å². The number of halogens is 1. The molecule has 3 rings (SSSR count). The van der Waals surface area contributed by atoms with Crippen LogP contribution < -0.4 is 9.64 Å². The Labute approximate surface area is 151 Å². The average molecular weight is 363 g/mol. The molecule has 0 saturated carbocycles. The van der Waals surface area contributed by atoms with Gasteiger partial charge in [0.05, 0.1) is 18.1 Å². The molecule has 0 radical (unpaired) electrons. The molecule has 1 saturated heterocycles. The third-order valence-electron chi connectivity index (χ3n) is 4.16. The largest absolute Gasteiger partial charge is 0.488 e. The molecule has 1 fully saturated rings. The summed E-state index contributed by atoms with van der Waals surface area (Å²) < 4.78 is 11.2. The number of non-ortho nitro benzene ring substituents is 1. The van der Waals surface area contributed by atoms with Crippen LogP contribution in [-0.2, 0) is 11.3 Å². The molecular formula is C18H19ClN2O4. The van der Waals surface area contributed by atoms with Gasteiger partial charge in [0.25, 0.3) is 5.69 Å². The number of nitrogens with zero attached hydrogens (tertiary/aromatic N) is 2. The van der Waals surface area contributed by atoms with Gasteiger partial charge in [-0.3, -0.25) is 10.1 Å². The molecule has 0 amide bonds. The summed E-state index contributed by atoms with van der Waals surface area (Å²) in [6, 6.07) is 12.2. The van der Waals surface area contributed by atoms with Gasteiger partial charge in [0, 0.05) is 48.5 Å². The van der Waals surface area contributed by atoms with Crippen molar-refractivity contribution in [2.24, 2.45) is 0 Å². The number of hydrogen-bond acceptors (Lipinski definition) is 5. The first-order chi connectivity index (χ1) is 12.1. The third-order valence-corrected chi connectivity index (χ3v) is 4.39. The lowest BCUT2D eigenvalue weighted by Gasteiger charge is -2.22. The van der Waals surface area contributed by atoms with E-state index < -0.39 is 4.92 Å². The molecule has 1 heterocycles. The van der Waals surface area contributed by atoms with Crippen LogP contribution in [0.1, 0.15) is 12.0 Å². The van der Waals surface area contributed by atoms with Crippen LogP contribution in [0.15, 0.2) is 42.5 Å². The summed E-state index contributed by atoms with van der Waals surface area (Å²) in [5.41, 5.74) is 1.83. The molecule has 0 aromatic heterocycles. The van der Waals surface area contributed by atoms with E-state index in [1.54, 1.807) is 25.3 Å². The lowest BCUT2D eigenvalue weighted by Crippen LogP contribution is -2.25.